The number of hydrogen-bond acceptors (Lipinski definition) is 2. The number of nitrogens with one attached hydrogen (secondary N) is 1. The van der Waals surface area contributed by atoms with Gasteiger partial charge in [0.05, 0.1) is 0 Å². The Kier molecular flexibility index (Phi) is 6.42. The minimum atomic E-state index is 0.813. The lowest BCUT2D eigenvalue weighted by atomic mass is 9.89. The molecular formula is C19H36N2. The van der Waals surface area contributed by atoms with Crippen LogP contribution in [-0.2, 0) is 0 Å². The number of rotatable bonds is 5. The summed E-state index contributed by atoms with van der Waals surface area (Å²) < 4.78 is 0. The van der Waals surface area contributed by atoms with E-state index in [9.17, 15) is 0 Å². The van der Waals surface area contributed by atoms with Crippen molar-refractivity contribution in [3.05, 3.63) is 0 Å². The molecule has 0 saturated heterocycles. The van der Waals surface area contributed by atoms with E-state index >= 15 is 0 Å². The van der Waals surface area contributed by atoms with Gasteiger partial charge in [0.2, 0.25) is 0 Å². The summed E-state index contributed by atoms with van der Waals surface area (Å²) in [6.07, 6.45) is 21.9. The molecule has 122 valence electrons. The third-order valence-electron chi connectivity index (χ3n) is 6.26. The lowest BCUT2D eigenvalue weighted by Gasteiger charge is -2.42. The molecule has 0 radical (unpaired) electrons. The van der Waals surface area contributed by atoms with E-state index < -0.39 is 0 Å². The SMILES string of the molecule is C1CCC(NCN(C2CCCCC2)C2CCCCC2)CC1. The van der Waals surface area contributed by atoms with Crippen LogP contribution in [0.4, 0.5) is 0 Å². The van der Waals surface area contributed by atoms with Gasteiger partial charge in [-0.05, 0) is 38.5 Å². The van der Waals surface area contributed by atoms with Gasteiger partial charge in [0.25, 0.3) is 0 Å². The van der Waals surface area contributed by atoms with Crippen LogP contribution in [-0.4, -0.2) is 29.7 Å². The second-order valence-corrected chi connectivity index (χ2v) is 7.80. The molecule has 3 saturated carbocycles. The lowest BCUT2D eigenvalue weighted by Crippen LogP contribution is -2.51. The van der Waals surface area contributed by atoms with Crippen molar-refractivity contribution in [2.24, 2.45) is 0 Å². The Balaban J connectivity index is 1.54. The zero-order chi connectivity index (χ0) is 14.3. The molecule has 0 aromatic rings. The zero-order valence-corrected chi connectivity index (χ0v) is 14.0. The predicted octanol–water partition coefficient (Wildman–Crippen LogP) is 4.83. The van der Waals surface area contributed by atoms with E-state index in [0.29, 0.717) is 0 Å². The zero-order valence-electron chi connectivity index (χ0n) is 14.0. The van der Waals surface area contributed by atoms with Crippen LogP contribution in [0.1, 0.15) is 96.3 Å². The van der Waals surface area contributed by atoms with Gasteiger partial charge in [0.1, 0.15) is 0 Å². The quantitative estimate of drug-likeness (QED) is 0.730. The van der Waals surface area contributed by atoms with Gasteiger partial charge >= 0.3 is 0 Å². The van der Waals surface area contributed by atoms with Crippen molar-refractivity contribution >= 4 is 0 Å². The Morgan fingerprint density at radius 1 is 0.571 bits per heavy atom. The topological polar surface area (TPSA) is 15.3 Å². The van der Waals surface area contributed by atoms with E-state index in [1.54, 1.807) is 0 Å². The van der Waals surface area contributed by atoms with E-state index in [1.165, 1.54) is 103 Å². The van der Waals surface area contributed by atoms with Crippen LogP contribution in [0, 0.1) is 0 Å². The van der Waals surface area contributed by atoms with Crippen LogP contribution in [0.3, 0.4) is 0 Å². The Hall–Kier alpha value is -0.0800. The monoisotopic (exact) mass is 292 g/mol. The average Bonchev–Trinajstić information content (AvgIpc) is 2.58. The first-order chi connectivity index (χ1) is 10.4. The molecular weight excluding hydrogens is 256 g/mol. The molecule has 0 heterocycles. The molecule has 0 aromatic heterocycles. The summed E-state index contributed by atoms with van der Waals surface area (Å²) in [4.78, 5) is 2.91. The van der Waals surface area contributed by atoms with E-state index in [0.717, 1.165) is 18.1 Å². The van der Waals surface area contributed by atoms with Gasteiger partial charge in [-0.3, -0.25) is 4.90 Å². The fraction of sp³-hybridized carbons (Fsp3) is 1.00. The van der Waals surface area contributed by atoms with Gasteiger partial charge in [0.15, 0.2) is 0 Å². The molecule has 0 atom stereocenters. The van der Waals surface area contributed by atoms with Crippen LogP contribution in [0.5, 0.6) is 0 Å². The largest absolute Gasteiger partial charge is 0.301 e. The van der Waals surface area contributed by atoms with Crippen LogP contribution >= 0.6 is 0 Å². The normalized spacial score (nSPS) is 27.3. The summed E-state index contributed by atoms with van der Waals surface area (Å²) in [5, 5.41) is 3.94. The fourth-order valence-corrected chi connectivity index (χ4v) is 4.92. The molecule has 0 spiro atoms. The summed E-state index contributed by atoms with van der Waals surface area (Å²) in [5.41, 5.74) is 0. The van der Waals surface area contributed by atoms with Gasteiger partial charge in [-0.1, -0.05) is 57.8 Å². The molecule has 3 rings (SSSR count). The molecule has 0 unspecified atom stereocenters. The summed E-state index contributed by atoms with van der Waals surface area (Å²) in [6, 6.07) is 2.59. The summed E-state index contributed by atoms with van der Waals surface area (Å²) in [5.74, 6) is 0. The minimum Gasteiger partial charge on any atom is -0.301 e. The van der Waals surface area contributed by atoms with Crippen molar-refractivity contribution in [3.63, 3.8) is 0 Å². The molecule has 0 aromatic carbocycles. The third kappa shape index (κ3) is 4.69. The van der Waals surface area contributed by atoms with E-state index in [2.05, 4.69) is 10.2 Å². The molecule has 3 fully saturated rings. The van der Waals surface area contributed by atoms with Gasteiger partial charge in [-0.2, -0.15) is 0 Å². The maximum Gasteiger partial charge on any atom is 0.0488 e. The third-order valence-corrected chi connectivity index (χ3v) is 6.26. The first-order valence-electron chi connectivity index (χ1n) is 9.92. The number of nitrogens with zero attached hydrogens (tertiary/aromatic N) is 1. The molecule has 3 aliphatic carbocycles. The van der Waals surface area contributed by atoms with Gasteiger partial charge in [-0.25, -0.2) is 0 Å². The molecule has 0 bridgehead atoms. The fourth-order valence-electron chi connectivity index (χ4n) is 4.92. The van der Waals surface area contributed by atoms with Crippen LogP contribution in [0.15, 0.2) is 0 Å². The van der Waals surface area contributed by atoms with Gasteiger partial charge in [0, 0.05) is 24.8 Å². The second-order valence-electron chi connectivity index (χ2n) is 7.80. The number of hydrogen-bond donors (Lipinski definition) is 1. The minimum absolute atomic E-state index is 0.813. The summed E-state index contributed by atoms with van der Waals surface area (Å²) in [7, 11) is 0. The van der Waals surface area contributed by atoms with Crippen molar-refractivity contribution < 1.29 is 0 Å². The smallest absolute Gasteiger partial charge is 0.0488 e. The molecule has 1 N–H and O–H groups in total. The highest BCUT2D eigenvalue weighted by molar-refractivity contribution is 4.84. The van der Waals surface area contributed by atoms with Crippen molar-refractivity contribution in [1.82, 2.24) is 10.2 Å². The van der Waals surface area contributed by atoms with Crippen LogP contribution < -0.4 is 5.32 Å². The maximum absolute atomic E-state index is 3.94. The van der Waals surface area contributed by atoms with Crippen molar-refractivity contribution in [2.45, 2.75) is 114 Å². The lowest BCUT2D eigenvalue weighted by molar-refractivity contribution is 0.0662. The Morgan fingerprint density at radius 3 is 1.48 bits per heavy atom. The summed E-state index contributed by atoms with van der Waals surface area (Å²) in [6.45, 7) is 1.18. The molecule has 2 nitrogen and oxygen atoms in total. The van der Waals surface area contributed by atoms with Crippen molar-refractivity contribution in [3.8, 4) is 0 Å². The highest BCUT2D eigenvalue weighted by Crippen LogP contribution is 2.30. The van der Waals surface area contributed by atoms with E-state index in [-0.39, 0.29) is 0 Å². The predicted molar refractivity (Wildman–Crippen MR) is 90.5 cm³/mol. The van der Waals surface area contributed by atoms with Crippen LogP contribution in [0.25, 0.3) is 0 Å². The van der Waals surface area contributed by atoms with E-state index in [4.69, 9.17) is 0 Å². The first kappa shape index (κ1) is 15.8. The molecule has 0 amide bonds. The molecule has 21 heavy (non-hydrogen) atoms. The molecule has 2 heteroatoms. The highest BCUT2D eigenvalue weighted by Gasteiger charge is 2.29. The van der Waals surface area contributed by atoms with Crippen LogP contribution in [0.2, 0.25) is 0 Å². The maximum atomic E-state index is 3.94. The van der Waals surface area contributed by atoms with E-state index in [1.807, 2.05) is 0 Å². The Bertz CT molecular complexity index is 255. The first-order valence-corrected chi connectivity index (χ1v) is 9.92. The summed E-state index contributed by atoms with van der Waals surface area (Å²) >= 11 is 0. The van der Waals surface area contributed by atoms with Gasteiger partial charge in [-0.15, -0.1) is 0 Å². The second kappa shape index (κ2) is 8.53. The Morgan fingerprint density at radius 2 is 1.00 bits per heavy atom. The molecule has 3 aliphatic rings. The van der Waals surface area contributed by atoms with Gasteiger partial charge < -0.3 is 5.32 Å². The highest BCUT2D eigenvalue weighted by atomic mass is 15.3. The standard InChI is InChI=1S/C19H36N2/c1-4-10-17(11-5-1)20-16-21(18-12-6-2-7-13-18)19-14-8-3-9-15-19/h17-20H,1-16H2. The van der Waals surface area contributed by atoms with Crippen molar-refractivity contribution in [1.29, 1.82) is 0 Å². The Labute approximate surface area is 132 Å². The average molecular weight is 293 g/mol. The molecule has 0 aliphatic heterocycles. The van der Waals surface area contributed by atoms with Crippen molar-refractivity contribution in [2.75, 3.05) is 6.67 Å².